The van der Waals surface area contributed by atoms with E-state index >= 15 is 0 Å². The molecule has 30 heavy (non-hydrogen) atoms. The number of ether oxygens (including phenoxy) is 1. The number of benzene rings is 1. The summed E-state index contributed by atoms with van der Waals surface area (Å²) in [5.41, 5.74) is 2.39. The molecule has 1 aliphatic carbocycles. The highest BCUT2D eigenvalue weighted by molar-refractivity contribution is 7.98. The summed E-state index contributed by atoms with van der Waals surface area (Å²) in [6, 6.07) is 11.7. The van der Waals surface area contributed by atoms with E-state index in [0.29, 0.717) is 12.3 Å². The summed E-state index contributed by atoms with van der Waals surface area (Å²) in [5.74, 6) is 2.29. The maximum Gasteiger partial charge on any atom is 0.263 e. The van der Waals surface area contributed by atoms with E-state index in [2.05, 4.69) is 6.07 Å². The second-order valence-corrected chi connectivity index (χ2v) is 9.42. The lowest BCUT2D eigenvalue weighted by molar-refractivity contribution is 0.414. The van der Waals surface area contributed by atoms with Crippen molar-refractivity contribution in [3.05, 3.63) is 74.8 Å². The largest absolute Gasteiger partial charge is 0.497 e. The number of fused-ring (bicyclic) bond motifs is 3. The molecule has 0 aliphatic heterocycles. The molecule has 4 aromatic rings. The quantitative estimate of drug-likeness (QED) is 0.303. The van der Waals surface area contributed by atoms with Gasteiger partial charge in [-0.2, -0.15) is 0 Å². The molecule has 0 amide bonds. The highest BCUT2D eigenvalue weighted by Gasteiger charge is 2.22. The number of aryl methyl sites for hydroxylation is 2. The lowest BCUT2D eigenvalue weighted by Gasteiger charge is -2.13. The minimum atomic E-state index is 0.0453. The molecule has 7 heteroatoms. The van der Waals surface area contributed by atoms with Crippen LogP contribution in [0.1, 0.15) is 34.6 Å². The molecule has 0 saturated heterocycles. The summed E-state index contributed by atoms with van der Waals surface area (Å²) < 4.78 is 12.6. The van der Waals surface area contributed by atoms with Crippen LogP contribution in [-0.4, -0.2) is 16.7 Å². The van der Waals surface area contributed by atoms with Gasteiger partial charge in [0.1, 0.15) is 16.3 Å². The van der Waals surface area contributed by atoms with E-state index in [1.54, 1.807) is 41.0 Å². The van der Waals surface area contributed by atoms with Crippen LogP contribution in [0, 0.1) is 0 Å². The molecule has 0 unspecified atom stereocenters. The normalized spacial score (nSPS) is 13.5. The van der Waals surface area contributed by atoms with E-state index in [4.69, 9.17) is 14.1 Å². The molecule has 0 radical (unpaired) electrons. The average molecular weight is 439 g/mol. The fourth-order valence-corrected chi connectivity index (χ4v) is 6.18. The second-order valence-electron chi connectivity index (χ2n) is 7.40. The van der Waals surface area contributed by atoms with Crippen molar-refractivity contribution < 1.29 is 9.15 Å². The van der Waals surface area contributed by atoms with Crippen LogP contribution in [0.5, 0.6) is 5.75 Å². The molecule has 5 rings (SSSR count). The van der Waals surface area contributed by atoms with Crippen LogP contribution >= 0.6 is 23.1 Å². The molecule has 154 valence electrons. The Morgan fingerprint density at radius 3 is 2.97 bits per heavy atom. The summed E-state index contributed by atoms with van der Waals surface area (Å²) in [6.07, 6.45) is 6.01. The summed E-state index contributed by atoms with van der Waals surface area (Å²) in [4.78, 5) is 20.7. The zero-order valence-corrected chi connectivity index (χ0v) is 18.4. The van der Waals surface area contributed by atoms with Crippen LogP contribution in [0.2, 0.25) is 0 Å². The Hall–Kier alpha value is -2.51. The Bertz CT molecular complexity index is 1240. The van der Waals surface area contributed by atoms with Crippen LogP contribution in [0.25, 0.3) is 10.2 Å². The Kier molecular flexibility index (Phi) is 5.39. The van der Waals surface area contributed by atoms with Gasteiger partial charge in [-0.25, -0.2) is 4.98 Å². The number of aromatic nitrogens is 2. The minimum Gasteiger partial charge on any atom is -0.497 e. The highest BCUT2D eigenvalue weighted by atomic mass is 32.2. The van der Waals surface area contributed by atoms with Gasteiger partial charge in [0.15, 0.2) is 5.16 Å². The Morgan fingerprint density at radius 1 is 1.23 bits per heavy atom. The predicted molar refractivity (Wildman–Crippen MR) is 121 cm³/mol. The molecule has 0 bridgehead atoms. The molecule has 1 aromatic carbocycles. The van der Waals surface area contributed by atoms with Crippen LogP contribution in [0.3, 0.4) is 0 Å². The topological polar surface area (TPSA) is 57.3 Å². The third-order valence-corrected chi connectivity index (χ3v) is 7.67. The van der Waals surface area contributed by atoms with Crippen molar-refractivity contribution in [2.24, 2.45) is 0 Å². The molecular formula is C23H22N2O3S2. The maximum atomic E-state index is 13.6. The molecule has 0 atom stereocenters. The molecule has 3 heterocycles. The third kappa shape index (κ3) is 3.68. The number of rotatable bonds is 6. The number of nitrogens with zero attached hydrogens (tertiary/aromatic N) is 2. The Morgan fingerprint density at radius 2 is 2.13 bits per heavy atom. The fraction of sp³-hybridized carbons (Fsp3) is 0.304. The first-order valence-corrected chi connectivity index (χ1v) is 11.9. The molecule has 0 fully saturated rings. The van der Waals surface area contributed by atoms with Crippen molar-refractivity contribution in [1.29, 1.82) is 0 Å². The van der Waals surface area contributed by atoms with Gasteiger partial charge < -0.3 is 9.15 Å². The maximum absolute atomic E-state index is 13.6. The third-order valence-electron chi connectivity index (χ3n) is 5.44. The van der Waals surface area contributed by atoms with E-state index in [1.165, 1.54) is 16.9 Å². The molecular weight excluding hydrogens is 416 g/mol. The van der Waals surface area contributed by atoms with Crippen molar-refractivity contribution in [3.63, 3.8) is 0 Å². The standard InChI is InChI=1S/C23H22N2O3S2/c1-27-16-7-4-6-15(12-16)14-29-23-24-21-20(18-9-2-3-10-19(18)30-21)22(26)25(23)13-17-8-5-11-28-17/h4-8,11-12H,2-3,9-10,13-14H2,1H3. The highest BCUT2D eigenvalue weighted by Crippen LogP contribution is 2.35. The second kappa shape index (κ2) is 8.32. The van der Waals surface area contributed by atoms with Crippen molar-refractivity contribution in [2.75, 3.05) is 7.11 Å². The van der Waals surface area contributed by atoms with E-state index in [9.17, 15) is 4.79 Å². The van der Waals surface area contributed by atoms with Gasteiger partial charge in [0.05, 0.1) is 25.3 Å². The Labute approximate surface area is 182 Å². The van der Waals surface area contributed by atoms with Crippen LogP contribution in [0.15, 0.2) is 57.0 Å². The summed E-state index contributed by atoms with van der Waals surface area (Å²) in [5, 5.41) is 1.54. The molecule has 0 spiro atoms. The summed E-state index contributed by atoms with van der Waals surface area (Å²) in [6.45, 7) is 0.389. The fourth-order valence-electron chi connectivity index (χ4n) is 3.94. The van der Waals surface area contributed by atoms with Gasteiger partial charge in [-0.15, -0.1) is 11.3 Å². The van der Waals surface area contributed by atoms with E-state index in [1.807, 2.05) is 30.3 Å². The van der Waals surface area contributed by atoms with E-state index < -0.39 is 0 Å². The molecule has 5 nitrogen and oxygen atoms in total. The minimum absolute atomic E-state index is 0.0453. The van der Waals surface area contributed by atoms with Gasteiger partial charge in [0.25, 0.3) is 5.56 Å². The van der Waals surface area contributed by atoms with Crippen LogP contribution in [-0.2, 0) is 25.1 Å². The first-order chi connectivity index (χ1) is 14.7. The molecule has 3 aromatic heterocycles. The number of furan rings is 1. The predicted octanol–water partition coefficient (Wildman–Crippen LogP) is 5.28. The lowest BCUT2D eigenvalue weighted by Crippen LogP contribution is -2.24. The van der Waals surface area contributed by atoms with Crippen LogP contribution < -0.4 is 10.3 Å². The van der Waals surface area contributed by atoms with E-state index in [0.717, 1.165) is 51.7 Å². The first kappa shape index (κ1) is 19.5. The monoisotopic (exact) mass is 438 g/mol. The molecule has 0 N–H and O–H groups in total. The van der Waals surface area contributed by atoms with Crippen LogP contribution in [0.4, 0.5) is 0 Å². The zero-order valence-electron chi connectivity index (χ0n) is 16.7. The summed E-state index contributed by atoms with van der Waals surface area (Å²) >= 11 is 3.27. The van der Waals surface area contributed by atoms with Gasteiger partial charge in [-0.1, -0.05) is 23.9 Å². The van der Waals surface area contributed by atoms with Crippen molar-refractivity contribution in [2.45, 2.75) is 43.1 Å². The molecule has 0 saturated carbocycles. The number of thiophene rings is 1. The smallest absolute Gasteiger partial charge is 0.263 e. The van der Waals surface area contributed by atoms with Crippen molar-refractivity contribution >= 4 is 33.3 Å². The SMILES string of the molecule is COc1cccc(CSc2nc3sc4c(c3c(=O)n2Cc2ccco2)CCCC4)c1. The van der Waals surface area contributed by atoms with E-state index in [-0.39, 0.29) is 5.56 Å². The number of thioether (sulfide) groups is 1. The van der Waals surface area contributed by atoms with Gasteiger partial charge in [-0.05, 0) is 61.1 Å². The number of hydrogen-bond acceptors (Lipinski definition) is 6. The average Bonchev–Trinajstić information content (AvgIpc) is 3.42. The van der Waals surface area contributed by atoms with Gasteiger partial charge in [-0.3, -0.25) is 9.36 Å². The van der Waals surface area contributed by atoms with Gasteiger partial charge in [0.2, 0.25) is 0 Å². The van der Waals surface area contributed by atoms with Gasteiger partial charge >= 0.3 is 0 Å². The van der Waals surface area contributed by atoms with Crippen molar-refractivity contribution in [3.8, 4) is 5.75 Å². The van der Waals surface area contributed by atoms with Gasteiger partial charge in [0, 0.05) is 10.6 Å². The lowest BCUT2D eigenvalue weighted by atomic mass is 9.97. The zero-order chi connectivity index (χ0) is 20.5. The summed E-state index contributed by atoms with van der Waals surface area (Å²) in [7, 11) is 1.67. The number of hydrogen-bond donors (Lipinski definition) is 0. The number of methoxy groups -OCH3 is 1. The van der Waals surface area contributed by atoms with Crippen molar-refractivity contribution in [1.82, 2.24) is 9.55 Å². The Balaban J connectivity index is 1.57. The first-order valence-electron chi connectivity index (χ1n) is 10.1. The molecule has 1 aliphatic rings.